The van der Waals surface area contributed by atoms with Gasteiger partial charge in [-0.25, -0.2) is 0 Å². The minimum Gasteiger partial charge on any atom is -0.332 e. The first kappa shape index (κ1) is 8.75. The normalized spacial score (nSPS) is 28.7. The van der Waals surface area contributed by atoms with Crippen LogP contribution >= 0.6 is 0 Å². The molecule has 0 aliphatic carbocycles. The van der Waals surface area contributed by atoms with Gasteiger partial charge in [-0.05, 0) is 26.3 Å². The van der Waals surface area contributed by atoms with Crippen molar-refractivity contribution in [1.29, 1.82) is 0 Å². The molecule has 0 aromatic rings. The summed E-state index contributed by atoms with van der Waals surface area (Å²) in [7, 11) is 0. The van der Waals surface area contributed by atoms with Gasteiger partial charge in [0.05, 0.1) is 6.04 Å². The molecule has 0 amide bonds. The fourth-order valence-corrected chi connectivity index (χ4v) is 2.03. The average molecular weight is 179 g/mol. The molecule has 1 saturated heterocycles. The van der Waals surface area contributed by atoms with E-state index in [1.165, 1.54) is 17.1 Å². The predicted molar refractivity (Wildman–Crippen MR) is 54.8 cm³/mol. The first-order chi connectivity index (χ1) is 6.20. The summed E-state index contributed by atoms with van der Waals surface area (Å²) in [6.45, 7) is 9.59. The van der Waals surface area contributed by atoms with Crippen LogP contribution in [0.5, 0.6) is 0 Å². The van der Waals surface area contributed by atoms with E-state index >= 15 is 0 Å². The van der Waals surface area contributed by atoms with Gasteiger partial charge in [0, 0.05) is 25.3 Å². The number of hydrogen-bond acceptors (Lipinski definition) is 3. The lowest BCUT2D eigenvalue weighted by Gasteiger charge is -2.37. The molecule has 2 aliphatic heterocycles. The summed E-state index contributed by atoms with van der Waals surface area (Å²) >= 11 is 0. The number of fused-ring (bicyclic) bond motifs is 1. The van der Waals surface area contributed by atoms with E-state index in [4.69, 9.17) is 0 Å². The van der Waals surface area contributed by atoms with Gasteiger partial charge in [0.1, 0.15) is 5.84 Å². The summed E-state index contributed by atoms with van der Waals surface area (Å²) in [6, 6.07) is 0.367. The van der Waals surface area contributed by atoms with Gasteiger partial charge in [-0.15, -0.1) is 0 Å². The second-order valence-corrected chi connectivity index (χ2v) is 3.81. The molecular weight excluding hydrogens is 162 g/mol. The van der Waals surface area contributed by atoms with Gasteiger partial charge in [0.25, 0.3) is 0 Å². The Morgan fingerprint density at radius 1 is 1.46 bits per heavy atom. The van der Waals surface area contributed by atoms with Gasteiger partial charge in [-0.2, -0.15) is 0 Å². The fraction of sp³-hybridized carbons (Fsp3) is 0.700. The van der Waals surface area contributed by atoms with E-state index in [2.05, 4.69) is 36.0 Å². The van der Waals surface area contributed by atoms with Crippen molar-refractivity contribution in [3.05, 3.63) is 11.3 Å². The quantitative estimate of drug-likeness (QED) is 0.600. The lowest BCUT2D eigenvalue weighted by Crippen LogP contribution is -2.47. The highest BCUT2D eigenvalue weighted by Gasteiger charge is 2.24. The van der Waals surface area contributed by atoms with Crippen molar-refractivity contribution in [1.82, 2.24) is 10.2 Å². The second kappa shape index (κ2) is 3.14. The molecule has 1 N–H and O–H groups in total. The number of piperazine rings is 1. The van der Waals surface area contributed by atoms with E-state index in [-0.39, 0.29) is 0 Å². The smallest absolute Gasteiger partial charge is 0.101 e. The molecule has 3 nitrogen and oxygen atoms in total. The largest absolute Gasteiger partial charge is 0.332 e. The summed E-state index contributed by atoms with van der Waals surface area (Å²) in [4.78, 5) is 6.94. The number of hydrogen-bond donors (Lipinski definition) is 1. The number of amidine groups is 1. The Balaban J connectivity index is 2.33. The molecule has 1 atom stereocenters. The SMILES string of the molecule is CC1=NC(C)C(C)=C2CNCCN12. The molecule has 2 rings (SSSR count). The maximum absolute atomic E-state index is 4.60. The van der Waals surface area contributed by atoms with Crippen LogP contribution in [0.4, 0.5) is 0 Å². The van der Waals surface area contributed by atoms with Crippen LogP contribution in [-0.2, 0) is 0 Å². The Morgan fingerprint density at radius 3 is 3.00 bits per heavy atom. The molecule has 0 spiro atoms. The van der Waals surface area contributed by atoms with Crippen molar-refractivity contribution in [3.8, 4) is 0 Å². The molecule has 3 heteroatoms. The third kappa shape index (κ3) is 1.37. The maximum atomic E-state index is 4.60. The highest BCUT2D eigenvalue weighted by molar-refractivity contribution is 5.83. The Kier molecular flexibility index (Phi) is 2.12. The monoisotopic (exact) mass is 179 g/mol. The molecule has 0 aromatic heterocycles. The van der Waals surface area contributed by atoms with Crippen molar-refractivity contribution in [2.24, 2.45) is 4.99 Å². The lowest BCUT2D eigenvalue weighted by molar-refractivity contribution is 0.404. The highest BCUT2D eigenvalue weighted by Crippen LogP contribution is 2.22. The number of nitrogens with zero attached hydrogens (tertiary/aromatic N) is 2. The van der Waals surface area contributed by atoms with Gasteiger partial charge in [0.2, 0.25) is 0 Å². The Morgan fingerprint density at radius 2 is 2.23 bits per heavy atom. The Labute approximate surface area is 79.5 Å². The van der Waals surface area contributed by atoms with E-state index in [0.717, 1.165) is 19.6 Å². The minimum atomic E-state index is 0.367. The number of aliphatic imine (C=N–C) groups is 1. The van der Waals surface area contributed by atoms with E-state index < -0.39 is 0 Å². The predicted octanol–water partition coefficient (Wildman–Crippen LogP) is 0.986. The zero-order chi connectivity index (χ0) is 9.42. The fourth-order valence-electron chi connectivity index (χ4n) is 2.03. The third-order valence-corrected chi connectivity index (χ3v) is 2.98. The Bertz CT molecular complexity index is 278. The summed E-state index contributed by atoms with van der Waals surface area (Å²) in [5.74, 6) is 1.18. The van der Waals surface area contributed by atoms with Gasteiger partial charge in [-0.1, -0.05) is 0 Å². The van der Waals surface area contributed by atoms with Gasteiger partial charge in [-0.3, -0.25) is 4.99 Å². The highest BCUT2D eigenvalue weighted by atomic mass is 15.3. The molecule has 0 radical (unpaired) electrons. The van der Waals surface area contributed by atoms with Crippen molar-refractivity contribution in [2.75, 3.05) is 19.6 Å². The van der Waals surface area contributed by atoms with Gasteiger partial charge in [0.15, 0.2) is 0 Å². The molecule has 0 bridgehead atoms. The summed E-state index contributed by atoms with van der Waals surface area (Å²) in [5.41, 5.74) is 2.85. The van der Waals surface area contributed by atoms with Crippen LogP contribution in [0.3, 0.4) is 0 Å². The van der Waals surface area contributed by atoms with E-state index in [0.29, 0.717) is 6.04 Å². The van der Waals surface area contributed by atoms with Crippen molar-refractivity contribution < 1.29 is 0 Å². The molecule has 2 heterocycles. The van der Waals surface area contributed by atoms with Crippen LogP contribution in [0, 0.1) is 0 Å². The zero-order valence-electron chi connectivity index (χ0n) is 8.59. The Hall–Kier alpha value is -0.830. The molecule has 72 valence electrons. The first-order valence-electron chi connectivity index (χ1n) is 4.92. The molecule has 13 heavy (non-hydrogen) atoms. The molecule has 0 aromatic carbocycles. The second-order valence-electron chi connectivity index (χ2n) is 3.81. The number of nitrogens with one attached hydrogen (secondary N) is 1. The van der Waals surface area contributed by atoms with Crippen molar-refractivity contribution in [3.63, 3.8) is 0 Å². The minimum absolute atomic E-state index is 0.367. The molecular formula is C10H17N3. The van der Waals surface area contributed by atoms with Gasteiger partial charge >= 0.3 is 0 Å². The van der Waals surface area contributed by atoms with E-state index in [1.54, 1.807) is 0 Å². The standard InChI is InChI=1S/C10H17N3/c1-7-8(2)12-9(3)13-5-4-11-6-10(7)13/h8,11H,4-6H2,1-3H3. The van der Waals surface area contributed by atoms with E-state index in [1.807, 2.05) is 0 Å². The van der Waals surface area contributed by atoms with Crippen LogP contribution in [0.1, 0.15) is 20.8 Å². The van der Waals surface area contributed by atoms with Crippen molar-refractivity contribution >= 4 is 5.84 Å². The molecule has 2 aliphatic rings. The lowest BCUT2D eigenvalue weighted by atomic mass is 10.0. The van der Waals surface area contributed by atoms with Crippen LogP contribution in [-0.4, -0.2) is 36.4 Å². The summed E-state index contributed by atoms with van der Waals surface area (Å²) in [5, 5.41) is 3.40. The summed E-state index contributed by atoms with van der Waals surface area (Å²) in [6.07, 6.45) is 0. The van der Waals surface area contributed by atoms with Crippen LogP contribution < -0.4 is 5.32 Å². The summed E-state index contributed by atoms with van der Waals surface area (Å²) < 4.78 is 0. The van der Waals surface area contributed by atoms with Crippen LogP contribution in [0.25, 0.3) is 0 Å². The first-order valence-corrected chi connectivity index (χ1v) is 4.92. The van der Waals surface area contributed by atoms with E-state index in [9.17, 15) is 0 Å². The third-order valence-electron chi connectivity index (χ3n) is 2.98. The van der Waals surface area contributed by atoms with Crippen molar-refractivity contribution in [2.45, 2.75) is 26.8 Å². The molecule has 1 fully saturated rings. The van der Waals surface area contributed by atoms with Gasteiger partial charge < -0.3 is 10.2 Å². The molecule has 1 unspecified atom stereocenters. The number of rotatable bonds is 0. The average Bonchev–Trinajstić information content (AvgIpc) is 2.15. The van der Waals surface area contributed by atoms with Crippen LogP contribution in [0.15, 0.2) is 16.3 Å². The topological polar surface area (TPSA) is 27.6 Å². The van der Waals surface area contributed by atoms with Crippen LogP contribution in [0.2, 0.25) is 0 Å². The molecule has 0 saturated carbocycles. The maximum Gasteiger partial charge on any atom is 0.101 e. The zero-order valence-corrected chi connectivity index (χ0v) is 8.59.